The van der Waals surface area contributed by atoms with E-state index in [1.165, 1.54) is 8.47 Å². The van der Waals surface area contributed by atoms with Crippen LogP contribution in [0.2, 0.25) is 0 Å². The van der Waals surface area contributed by atoms with E-state index in [-0.39, 0.29) is 6.61 Å². The Balaban J connectivity index is 2.67. The van der Waals surface area contributed by atoms with Crippen molar-refractivity contribution in [3.8, 4) is 0 Å². The van der Waals surface area contributed by atoms with E-state index in [9.17, 15) is 0 Å². The minimum absolute atomic E-state index is 0.250. The van der Waals surface area contributed by atoms with E-state index < -0.39 is 0 Å². The van der Waals surface area contributed by atoms with Crippen LogP contribution in [0, 0.1) is 3.57 Å². The highest BCUT2D eigenvalue weighted by Gasteiger charge is 2.06. The maximum absolute atomic E-state index is 8.79. The van der Waals surface area contributed by atoms with Crippen LogP contribution in [0.25, 0.3) is 0 Å². The minimum Gasteiger partial charge on any atom is -0.399 e. The first-order valence-corrected chi connectivity index (χ1v) is 6.42. The van der Waals surface area contributed by atoms with Gasteiger partial charge in [-0.2, -0.15) is 0 Å². The van der Waals surface area contributed by atoms with Crippen molar-refractivity contribution in [3.05, 3.63) is 21.8 Å². The number of nitrogen functional groups attached to an aromatic ring is 1. The van der Waals surface area contributed by atoms with Gasteiger partial charge in [-0.25, -0.2) is 0 Å². The van der Waals surface area contributed by atoms with Crippen LogP contribution in [0.4, 0.5) is 5.69 Å². The van der Waals surface area contributed by atoms with Gasteiger partial charge in [-0.3, -0.25) is 0 Å². The number of benzene rings is 1. The fourth-order valence-corrected chi connectivity index (χ4v) is 2.97. The molecule has 0 aliphatic heterocycles. The molecule has 1 rings (SSSR count). The number of anilines is 1. The Kier molecular flexibility index (Phi) is 5.05. The standard InChI is InChI=1S/C10H14INOS/c1-7(4-5-13)14-10-3-2-8(12)6-9(10)11/h2-3,6-7,13H,4-5,12H2,1H3. The highest BCUT2D eigenvalue weighted by molar-refractivity contribution is 14.1. The van der Waals surface area contributed by atoms with Gasteiger partial charge in [0.1, 0.15) is 0 Å². The van der Waals surface area contributed by atoms with Crippen molar-refractivity contribution < 1.29 is 5.11 Å². The SMILES string of the molecule is CC(CCO)Sc1ccc(N)cc1I. The zero-order valence-corrected chi connectivity index (χ0v) is 11.0. The zero-order valence-electron chi connectivity index (χ0n) is 8.03. The Morgan fingerprint density at radius 2 is 2.29 bits per heavy atom. The first-order valence-electron chi connectivity index (χ1n) is 4.46. The van der Waals surface area contributed by atoms with E-state index >= 15 is 0 Å². The Labute approximate surface area is 102 Å². The van der Waals surface area contributed by atoms with Gasteiger partial charge >= 0.3 is 0 Å². The molecule has 0 radical (unpaired) electrons. The van der Waals surface area contributed by atoms with E-state index in [1.807, 2.05) is 18.2 Å². The van der Waals surface area contributed by atoms with E-state index in [4.69, 9.17) is 10.8 Å². The molecule has 0 saturated carbocycles. The smallest absolute Gasteiger partial charge is 0.0441 e. The summed E-state index contributed by atoms with van der Waals surface area (Å²) in [7, 11) is 0. The molecule has 1 aromatic rings. The lowest BCUT2D eigenvalue weighted by atomic mass is 10.3. The third-order valence-corrected chi connectivity index (χ3v) is 4.33. The fourth-order valence-electron chi connectivity index (χ4n) is 1.07. The van der Waals surface area contributed by atoms with Crippen LogP contribution >= 0.6 is 34.4 Å². The van der Waals surface area contributed by atoms with Crippen LogP contribution in [-0.2, 0) is 0 Å². The maximum atomic E-state index is 8.79. The number of aliphatic hydroxyl groups is 1. The van der Waals surface area contributed by atoms with Crippen molar-refractivity contribution in [3.63, 3.8) is 0 Å². The van der Waals surface area contributed by atoms with Crippen LogP contribution in [0.1, 0.15) is 13.3 Å². The molecule has 1 unspecified atom stereocenters. The average molecular weight is 323 g/mol. The predicted molar refractivity (Wildman–Crippen MR) is 70.6 cm³/mol. The van der Waals surface area contributed by atoms with Crippen LogP contribution in [0.3, 0.4) is 0 Å². The topological polar surface area (TPSA) is 46.2 Å². The Morgan fingerprint density at radius 3 is 2.86 bits per heavy atom. The molecule has 0 aromatic heterocycles. The van der Waals surface area contributed by atoms with Gasteiger partial charge in [0.2, 0.25) is 0 Å². The molecule has 0 aliphatic carbocycles. The molecule has 0 saturated heterocycles. The first-order chi connectivity index (χ1) is 6.63. The van der Waals surface area contributed by atoms with Gasteiger partial charge in [-0.05, 0) is 47.2 Å². The van der Waals surface area contributed by atoms with E-state index in [0.717, 1.165) is 12.1 Å². The summed E-state index contributed by atoms with van der Waals surface area (Å²) in [5.41, 5.74) is 6.46. The molecule has 0 fully saturated rings. The van der Waals surface area contributed by atoms with Crippen LogP contribution in [0.15, 0.2) is 23.1 Å². The van der Waals surface area contributed by atoms with Gasteiger partial charge < -0.3 is 10.8 Å². The lowest BCUT2D eigenvalue weighted by Gasteiger charge is -2.11. The van der Waals surface area contributed by atoms with Crippen molar-refractivity contribution in [1.29, 1.82) is 0 Å². The second-order valence-corrected chi connectivity index (χ2v) is 5.77. The summed E-state index contributed by atoms with van der Waals surface area (Å²) in [6.45, 7) is 2.37. The van der Waals surface area contributed by atoms with Crippen LogP contribution in [-0.4, -0.2) is 17.0 Å². The summed E-state index contributed by atoms with van der Waals surface area (Å²) in [5.74, 6) is 0. The predicted octanol–water partition coefficient (Wildman–Crippen LogP) is 2.74. The average Bonchev–Trinajstić information content (AvgIpc) is 2.10. The summed E-state index contributed by atoms with van der Waals surface area (Å²) in [5, 5.41) is 9.23. The highest BCUT2D eigenvalue weighted by atomic mass is 127. The molecule has 4 heteroatoms. The largest absolute Gasteiger partial charge is 0.399 e. The summed E-state index contributed by atoms with van der Waals surface area (Å²) in [6, 6.07) is 5.92. The van der Waals surface area contributed by atoms with Crippen molar-refractivity contribution in [1.82, 2.24) is 0 Å². The number of hydrogen-bond acceptors (Lipinski definition) is 3. The molecule has 0 aliphatic rings. The van der Waals surface area contributed by atoms with Crippen molar-refractivity contribution >= 4 is 40.0 Å². The molecule has 0 amide bonds. The van der Waals surface area contributed by atoms with Gasteiger partial charge in [-0.1, -0.05) is 6.92 Å². The quantitative estimate of drug-likeness (QED) is 0.509. The molecule has 3 N–H and O–H groups in total. The summed E-state index contributed by atoms with van der Waals surface area (Å²) in [4.78, 5) is 1.24. The molecule has 0 heterocycles. The van der Waals surface area contributed by atoms with Crippen LogP contribution < -0.4 is 5.73 Å². The zero-order chi connectivity index (χ0) is 10.6. The molecular formula is C10H14INOS. The van der Waals surface area contributed by atoms with Crippen molar-refractivity contribution in [2.24, 2.45) is 0 Å². The third kappa shape index (κ3) is 3.67. The number of hydrogen-bond donors (Lipinski definition) is 2. The normalized spacial score (nSPS) is 12.8. The molecule has 1 aromatic carbocycles. The Morgan fingerprint density at radius 1 is 1.57 bits per heavy atom. The molecule has 0 bridgehead atoms. The lowest BCUT2D eigenvalue weighted by molar-refractivity contribution is 0.289. The first kappa shape index (κ1) is 12.1. The molecule has 2 nitrogen and oxygen atoms in total. The van der Waals surface area contributed by atoms with Gasteiger partial charge in [-0.15, -0.1) is 11.8 Å². The van der Waals surface area contributed by atoms with Gasteiger partial charge in [0.15, 0.2) is 0 Å². The van der Waals surface area contributed by atoms with Gasteiger partial charge in [0.25, 0.3) is 0 Å². The summed E-state index contributed by atoms with van der Waals surface area (Å²) in [6.07, 6.45) is 0.825. The van der Waals surface area contributed by atoms with Gasteiger partial charge in [0.05, 0.1) is 0 Å². The monoisotopic (exact) mass is 323 g/mol. The Bertz CT molecular complexity index is 306. The van der Waals surface area contributed by atoms with E-state index in [2.05, 4.69) is 29.5 Å². The Hall–Kier alpha value is 0.0600. The molecule has 0 spiro atoms. The van der Waals surface area contributed by atoms with Crippen LogP contribution in [0.5, 0.6) is 0 Å². The number of rotatable bonds is 4. The van der Waals surface area contributed by atoms with Gasteiger partial charge in [0, 0.05) is 26.0 Å². The van der Waals surface area contributed by atoms with E-state index in [0.29, 0.717) is 5.25 Å². The molecule has 78 valence electrons. The molecule has 1 atom stereocenters. The minimum atomic E-state index is 0.250. The van der Waals surface area contributed by atoms with Crippen molar-refractivity contribution in [2.45, 2.75) is 23.5 Å². The summed E-state index contributed by atoms with van der Waals surface area (Å²) < 4.78 is 1.18. The van der Waals surface area contributed by atoms with Crippen molar-refractivity contribution in [2.75, 3.05) is 12.3 Å². The number of thioether (sulfide) groups is 1. The number of aliphatic hydroxyl groups excluding tert-OH is 1. The number of nitrogens with two attached hydrogens (primary N) is 1. The number of halogens is 1. The molecular weight excluding hydrogens is 309 g/mol. The summed E-state index contributed by atoms with van der Waals surface area (Å²) >= 11 is 4.06. The van der Waals surface area contributed by atoms with E-state index in [1.54, 1.807) is 11.8 Å². The third-order valence-electron chi connectivity index (χ3n) is 1.82. The highest BCUT2D eigenvalue weighted by Crippen LogP contribution is 2.30. The fraction of sp³-hybridized carbons (Fsp3) is 0.400. The maximum Gasteiger partial charge on any atom is 0.0441 e. The second-order valence-electron chi connectivity index (χ2n) is 3.13. The lowest BCUT2D eigenvalue weighted by Crippen LogP contribution is -1.99. The molecule has 14 heavy (non-hydrogen) atoms. The second kappa shape index (κ2) is 5.82.